The molecule has 3 heteroatoms. The van der Waals surface area contributed by atoms with E-state index in [1.165, 1.54) is 5.28 Å². The van der Waals surface area contributed by atoms with Gasteiger partial charge in [-0.15, -0.1) is 0 Å². The topological polar surface area (TPSA) is 20.2 Å². The van der Waals surface area contributed by atoms with Gasteiger partial charge in [0, 0.05) is 0 Å². The molecular formula is C8H12AlClO. The molecule has 0 saturated heterocycles. The highest BCUT2D eigenvalue weighted by Gasteiger charge is 1.74. The Bertz CT molecular complexity index is 165. The number of para-hydroxylation sites is 1. The minimum Gasteiger partial charge on any atom is -0.508 e. The van der Waals surface area contributed by atoms with E-state index in [0.29, 0.717) is 5.75 Å². The van der Waals surface area contributed by atoms with Crippen molar-refractivity contribution in [2.45, 2.75) is 12.2 Å². The quantitative estimate of drug-likeness (QED) is 0.668. The molecule has 0 atom stereocenters. The molecule has 11 heavy (non-hydrogen) atoms. The summed E-state index contributed by atoms with van der Waals surface area (Å²) in [5.74, 6) is 0.322. The lowest BCUT2D eigenvalue weighted by atomic mass is 10.3. The Hall–Kier alpha value is -0.158. The third-order valence-corrected chi connectivity index (χ3v) is 2.46. The minimum atomic E-state index is -0.103. The molecule has 1 rings (SSSR count). The van der Waals surface area contributed by atoms with Gasteiger partial charge in [-0.2, -0.15) is 0 Å². The van der Waals surface area contributed by atoms with E-state index < -0.39 is 0 Å². The number of hydrogen-bond donors (Lipinski definition) is 1. The Morgan fingerprint density at radius 2 is 1.82 bits per heavy atom. The van der Waals surface area contributed by atoms with Crippen molar-refractivity contribution in [3.05, 3.63) is 30.3 Å². The maximum absolute atomic E-state index is 8.63. The van der Waals surface area contributed by atoms with Crippen LogP contribution in [0.1, 0.15) is 6.92 Å². The van der Waals surface area contributed by atoms with E-state index >= 15 is 0 Å². The minimum absolute atomic E-state index is 0.103. The van der Waals surface area contributed by atoms with E-state index in [2.05, 4.69) is 6.92 Å². The summed E-state index contributed by atoms with van der Waals surface area (Å²) >= 11 is -0.103. The van der Waals surface area contributed by atoms with Crippen LogP contribution in [0, 0.1) is 0 Å². The zero-order valence-electron chi connectivity index (χ0n) is 6.63. The lowest BCUT2D eigenvalue weighted by Crippen LogP contribution is -1.61. The Labute approximate surface area is 77.9 Å². The fraction of sp³-hybridized carbons (Fsp3) is 0.250. The first-order valence-corrected chi connectivity index (χ1v) is 6.75. The Kier molecular flexibility index (Phi) is 7.83. The summed E-state index contributed by atoms with van der Waals surface area (Å²) in [5.41, 5.74) is 0. The van der Waals surface area contributed by atoms with Gasteiger partial charge in [0.05, 0.1) is 0 Å². The molecule has 60 valence electrons. The molecule has 0 aromatic heterocycles. The number of benzene rings is 1. The lowest BCUT2D eigenvalue weighted by molar-refractivity contribution is 0.475. The molecule has 0 bridgehead atoms. The first-order chi connectivity index (χ1) is 5.31. The van der Waals surface area contributed by atoms with Crippen molar-refractivity contribution < 1.29 is 5.11 Å². The van der Waals surface area contributed by atoms with Crippen LogP contribution in [0.5, 0.6) is 5.75 Å². The highest BCUT2D eigenvalue weighted by atomic mass is 35.6. The monoisotopic (exact) mass is 186 g/mol. The van der Waals surface area contributed by atoms with Crippen molar-refractivity contribution in [2.24, 2.45) is 0 Å². The second-order valence-electron chi connectivity index (χ2n) is 2.02. The van der Waals surface area contributed by atoms with Gasteiger partial charge in [-0.1, -0.05) is 30.4 Å². The van der Waals surface area contributed by atoms with Crippen LogP contribution in [0.25, 0.3) is 0 Å². The summed E-state index contributed by atoms with van der Waals surface area (Å²) in [5, 5.41) is 9.86. The van der Waals surface area contributed by atoms with Crippen molar-refractivity contribution in [2.75, 3.05) is 0 Å². The summed E-state index contributed by atoms with van der Waals surface area (Å²) in [6.45, 7) is 2.11. The van der Waals surface area contributed by atoms with Crippen molar-refractivity contribution >= 4 is 24.3 Å². The van der Waals surface area contributed by atoms with Gasteiger partial charge in [0.25, 0.3) is 0 Å². The zero-order chi connectivity index (χ0) is 8.53. The Morgan fingerprint density at radius 3 is 2.00 bits per heavy atom. The first-order valence-electron chi connectivity index (χ1n) is 3.61. The van der Waals surface area contributed by atoms with Crippen LogP contribution in [-0.2, 0) is 0 Å². The summed E-state index contributed by atoms with van der Waals surface area (Å²) < 4.78 is 0. The smallest absolute Gasteiger partial charge is 0.376 e. The molecule has 1 nitrogen and oxygen atoms in total. The van der Waals surface area contributed by atoms with Crippen LogP contribution in [-0.4, -0.2) is 19.4 Å². The molecule has 1 aromatic carbocycles. The van der Waals surface area contributed by atoms with Crippen molar-refractivity contribution in [1.29, 1.82) is 0 Å². The number of hydrogen-bond acceptors (Lipinski definition) is 1. The Morgan fingerprint density at radius 1 is 1.36 bits per heavy atom. The first kappa shape index (κ1) is 10.8. The number of phenols is 1. The number of halogens is 1. The maximum Gasteiger partial charge on any atom is 0.376 e. The van der Waals surface area contributed by atoms with E-state index in [1.54, 1.807) is 24.3 Å². The number of rotatable bonds is 1. The molecule has 1 N–H and O–H groups in total. The second-order valence-corrected chi connectivity index (χ2v) is 4.54. The molecule has 0 spiro atoms. The van der Waals surface area contributed by atoms with Crippen LogP contribution >= 0.6 is 10.0 Å². The third-order valence-electron chi connectivity index (χ3n) is 0.945. The summed E-state index contributed by atoms with van der Waals surface area (Å²) in [6.07, 6.45) is 0. The average Bonchev–Trinajstić information content (AvgIpc) is 2.07. The highest BCUT2D eigenvalue weighted by Crippen LogP contribution is 2.02. The molecule has 0 amide bonds. The summed E-state index contributed by atoms with van der Waals surface area (Å²) in [7, 11) is 5.32. The van der Waals surface area contributed by atoms with E-state index in [1.807, 2.05) is 6.07 Å². The predicted molar refractivity (Wildman–Crippen MR) is 51.6 cm³/mol. The molecule has 0 unspecified atom stereocenters. The van der Waals surface area contributed by atoms with Gasteiger partial charge < -0.3 is 5.11 Å². The molecule has 0 aliphatic heterocycles. The van der Waals surface area contributed by atoms with E-state index in [-0.39, 0.29) is 14.3 Å². The predicted octanol–water partition coefficient (Wildman–Crippen LogP) is 2.41. The standard InChI is InChI=1S/C6H6O.C2H5.Al.ClH.H/c7-6-4-2-1-3-5-6;1-2;;;/h1-5,7H;1H2,2H3;;1H;/q;;+1;;/p-1. The van der Waals surface area contributed by atoms with E-state index in [9.17, 15) is 0 Å². The normalized spacial score (nSPS) is 7.82. The summed E-state index contributed by atoms with van der Waals surface area (Å²) in [4.78, 5) is 0. The average molecular weight is 187 g/mol. The fourth-order valence-electron chi connectivity index (χ4n) is 0.428. The molecule has 1 aromatic rings. The number of phenolic OH excluding ortho intramolecular Hbond substituents is 1. The van der Waals surface area contributed by atoms with Crippen LogP contribution in [0.3, 0.4) is 0 Å². The SMILES string of the molecule is C[CH2][AlH][Cl].Oc1ccccc1. The molecule has 0 aliphatic carbocycles. The lowest BCUT2D eigenvalue weighted by Gasteiger charge is -1.82. The highest BCUT2D eigenvalue weighted by molar-refractivity contribution is 6.93. The fourth-order valence-corrected chi connectivity index (χ4v) is 0.428. The van der Waals surface area contributed by atoms with Crippen LogP contribution in [0.4, 0.5) is 0 Å². The third kappa shape index (κ3) is 7.74. The Balaban J connectivity index is 0.000000218. The largest absolute Gasteiger partial charge is 0.508 e. The summed E-state index contributed by atoms with van der Waals surface area (Å²) in [6, 6.07) is 8.71. The molecule has 0 heterocycles. The molecule has 0 radical (unpaired) electrons. The van der Waals surface area contributed by atoms with E-state index in [0.717, 1.165) is 0 Å². The zero-order valence-corrected chi connectivity index (χ0v) is 8.80. The van der Waals surface area contributed by atoms with Gasteiger partial charge in [-0.3, -0.25) is 10.0 Å². The van der Waals surface area contributed by atoms with Crippen molar-refractivity contribution in [1.82, 2.24) is 0 Å². The van der Waals surface area contributed by atoms with Crippen LogP contribution < -0.4 is 0 Å². The van der Waals surface area contributed by atoms with Crippen LogP contribution in [0.2, 0.25) is 5.28 Å². The maximum atomic E-state index is 8.63. The van der Waals surface area contributed by atoms with Gasteiger partial charge in [0.15, 0.2) is 0 Å². The molecule has 0 saturated carbocycles. The second kappa shape index (κ2) is 7.94. The van der Waals surface area contributed by atoms with Gasteiger partial charge in [-0.05, 0) is 12.1 Å². The van der Waals surface area contributed by atoms with Crippen molar-refractivity contribution in [3.63, 3.8) is 0 Å². The van der Waals surface area contributed by atoms with Crippen LogP contribution in [0.15, 0.2) is 30.3 Å². The number of aromatic hydroxyl groups is 1. The van der Waals surface area contributed by atoms with Crippen molar-refractivity contribution in [3.8, 4) is 5.75 Å². The molecular weight excluding hydrogens is 175 g/mol. The molecule has 0 fully saturated rings. The molecule has 0 aliphatic rings. The van der Waals surface area contributed by atoms with Gasteiger partial charge in [-0.25, -0.2) is 0 Å². The van der Waals surface area contributed by atoms with Gasteiger partial charge in [0.1, 0.15) is 5.75 Å². The van der Waals surface area contributed by atoms with Gasteiger partial charge >= 0.3 is 14.3 Å². The van der Waals surface area contributed by atoms with E-state index in [4.69, 9.17) is 15.2 Å². The van der Waals surface area contributed by atoms with Gasteiger partial charge in [0.2, 0.25) is 0 Å².